The van der Waals surface area contributed by atoms with Gasteiger partial charge in [0.1, 0.15) is 0 Å². The number of carbonyl (C=O) groups is 1. The molecule has 0 radical (unpaired) electrons. The molecule has 3 nitrogen and oxygen atoms in total. The van der Waals surface area contributed by atoms with Gasteiger partial charge in [-0.2, -0.15) is 0 Å². The second kappa shape index (κ2) is 5.26. The lowest BCUT2D eigenvalue weighted by molar-refractivity contribution is -0.123. The van der Waals surface area contributed by atoms with Gasteiger partial charge in [0.15, 0.2) is 0 Å². The Bertz CT molecular complexity index is 409. The number of rotatable bonds is 3. The van der Waals surface area contributed by atoms with Crippen LogP contribution in [0.1, 0.15) is 5.56 Å². The molecule has 0 bridgehead atoms. The molecule has 0 spiro atoms. The largest absolute Gasteiger partial charge is 0.351 e. The average molecular weight is 214 g/mol. The van der Waals surface area contributed by atoms with E-state index in [9.17, 15) is 4.79 Å². The molecule has 16 heavy (non-hydrogen) atoms. The van der Waals surface area contributed by atoms with Crippen LogP contribution in [0.2, 0.25) is 0 Å². The van der Waals surface area contributed by atoms with Crippen molar-refractivity contribution in [2.24, 2.45) is 10.9 Å². The van der Waals surface area contributed by atoms with Crippen molar-refractivity contribution in [3.63, 3.8) is 0 Å². The summed E-state index contributed by atoms with van der Waals surface area (Å²) in [5.41, 5.74) is 1.11. The number of carbonyl (C=O) groups excluding carboxylic acids is 1. The van der Waals surface area contributed by atoms with E-state index in [2.05, 4.69) is 10.3 Å². The third kappa shape index (κ3) is 2.79. The zero-order valence-electron chi connectivity index (χ0n) is 8.97. The number of benzene rings is 1. The predicted octanol–water partition coefficient (Wildman–Crippen LogP) is 1.56. The Balaban J connectivity index is 1.84. The first-order chi connectivity index (χ1) is 7.86. The van der Waals surface area contributed by atoms with Crippen LogP contribution in [0.5, 0.6) is 0 Å². The number of nitrogens with zero attached hydrogens (tertiary/aromatic N) is 1. The lowest BCUT2D eigenvalue weighted by Gasteiger charge is -2.12. The second-order valence-corrected chi connectivity index (χ2v) is 3.71. The maximum Gasteiger partial charge on any atom is 0.229 e. The molecule has 1 amide bonds. The van der Waals surface area contributed by atoms with Gasteiger partial charge in [0.2, 0.25) is 5.91 Å². The molecular formula is C13H14N2O. The van der Waals surface area contributed by atoms with Crippen LogP contribution in [0.3, 0.4) is 0 Å². The molecule has 0 aromatic heterocycles. The van der Waals surface area contributed by atoms with Crippen molar-refractivity contribution in [3.05, 3.63) is 48.0 Å². The predicted molar refractivity (Wildman–Crippen MR) is 64.3 cm³/mol. The minimum absolute atomic E-state index is 0.0388. The third-order valence-corrected chi connectivity index (χ3v) is 2.48. The highest BCUT2D eigenvalue weighted by Crippen LogP contribution is 2.04. The molecular weight excluding hydrogens is 200 g/mol. The van der Waals surface area contributed by atoms with Crippen molar-refractivity contribution >= 4 is 12.1 Å². The van der Waals surface area contributed by atoms with Crippen LogP contribution in [0.4, 0.5) is 0 Å². The maximum absolute atomic E-state index is 11.7. The van der Waals surface area contributed by atoms with Crippen LogP contribution in [0, 0.1) is 5.92 Å². The molecule has 0 aliphatic carbocycles. The fourth-order valence-electron chi connectivity index (χ4n) is 1.57. The normalized spacial score (nSPS) is 18.4. The number of dihydropyridines is 1. The molecule has 1 aromatic carbocycles. The molecule has 0 saturated carbocycles. The molecule has 1 unspecified atom stereocenters. The van der Waals surface area contributed by atoms with Gasteiger partial charge >= 0.3 is 0 Å². The quantitative estimate of drug-likeness (QED) is 0.815. The Morgan fingerprint density at radius 1 is 1.38 bits per heavy atom. The average Bonchev–Trinajstić information content (AvgIpc) is 2.38. The van der Waals surface area contributed by atoms with Crippen LogP contribution in [-0.2, 0) is 11.3 Å². The summed E-state index contributed by atoms with van der Waals surface area (Å²) in [5.74, 6) is -0.0781. The number of allylic oxidation sites excluding steroid dienone is 1. The Morgan fingerprint density at radius 3 is 2.88 bits per heavy atom. The number of amides is 1. The first-order valence-corrected chi connectivity index (χ1v) is 5.34. The van der Waals surface area contributed by atoms with E-state index in [4.69, 9.17) is 0 Å². The molecule has 3 heteroatoms. The summed E-state index contributed by atoms with van der Waals surface area (Å²) in [6, 6.07) is 9.88. The highest BCUT2D eigenvalue weighted by Gasteiger charge is 2.15. The van der Waals surface area contributed by atoms with Gasteiger partial charge in [-0.25, -0.2) is 0 Å². The van der Waals surface area contributed by atoms with Gasteiger partial charge in [0.05, 0.1) is 12.5 Å². The van der Waals surface area contributed by atoms with Crippen molar-refractivity contribution in [2.45, 2.75) is 6.54 Å². The molecule has 2 rings (SSSR count). The van der Waals surface area contributed by atoms with Crippen molar-refractivity contribution in [3.8, 4) is 0 Å². The fraction of sp³-hybridized carbons (Fsp3) is 0.231. The van der Waals surface area contributed by atoms with Crippen molar-refractivity contribution in [2.75, 3.05) is 6.54 Å². The van der Waals surface area contributed by atoms with Crippen molar-refractivity contribution in [1.82, 2.24) is 5.32 Å². The van der Waals surface area contributed by atoms with Crippen molar-refractivity contribution in [1.29, 1.82) is 0 Å². The van der Waals surface area contributed by atoms with E-state index in [1.165, 1.54) is 0 Å². The van der Waals surface area contributed by atoms with Gasteiger partial charge in [-0.1, -0.05) is 36.4 Å². The Hall–Kier alpha value is -1.90. The summed E-state index contributed by atoms with van der Waals surface area (Å²) in [7, 11) is 0. The second-order valence-electron chi connectivity index (χ2n) is 3.71. The topological polar surface area (TPSA) is 41.5 Å². The smallest absolute Gasteiger partial charge is 0.229 e. The minimum Gasteiger partial charge on any atom is -0.351 e. The van der Waals surface area contributed by atoms with E-state index in [0.717, 1.165) is 5.56 Å². The van der Waals surface area contributed by atoms with Gasteiger partial charge in [0.25, 0.3) is 0 Å². The first-order valence-electron chi connectivity index (χ1n) is 5.34. The van der Waals surface area contributed by atoms with Gasteiger partial charge < -0.3 is 5.32 Å². The zero-order valence-corrected chi connectivity index (χ0v) is 8.97. The van der Waals surface area contributed by atoms with E-state index >= 15 is 0 Å². The highest BCUT2D eigenvalue weighted by molar-refractivity contribution is 5.84. The number of nitrogens with one attached hydrogen (secondary N) is 1. The zero-order chi connectivity index (χ0) is 11.2. The fourth-order valence-corrected chi connectivity index (χ4v) is 1.57. The van der Waals surface area contributed by atoms with E-state index in [1.54, 1.807) is 6.21 Å². The van der Waals surface area contributed by atoms with Crippen LogP contribution in [-0.4, -0.2) is 18.7 Å². The van der Waals surface area contributed by atoms with Gasteiger partial charge in [0, 0.05) is 12.8 Å². The van der Waals surface area contributed by atoms with E-state index in [1.807, 2.05) is 42.5 Å². The monoisotopic (exact) mass is 214 g/mol. The number of aliphatic imine (C=N–C) groups is 1. The highest BCUT2D eigenvalue weighted by atomic mass is 16.1. The van der Waals surface area contributed by atoms with E-state index < -0.39 is 0 Å². The lowest BCUT2D eigenvalue weighted by atomic mass is 10.1. The minimum atomic E-state index is -0.117. The van der Waals surface area contributed by atoms with Crippen LogP contribution >= 0.6 is 0 Å². The van der Waals surface area contributed by atoms with Crippen LogP contribution < -0.4 is 5.32 Å². The van der Waals surface area contributed by atoms with E-state index in [-0.39, 0.29) is 11.8 Å². The molecule has 1 heterocycles. The van der Waals surface area contributed by atoms with Crippen molar-refractivity contribution < 1.29 is 4.79 Å². The number of hydrogen-bond donors (Lipinski definition) is 1. The molecule has 0 saturated heterocycles. The number of hydrogen-bond acceptors (Lipinski definition) is 2. The molecule has 1 aliphatic rings. The molecule has 1 aromatic rings. The van der Waals surface area contributed by atoms with Gasteiger partial charge in [-0.05, 0) is 11.6 Å². The molecule has 1 N–H and O–H groups in total. The summed E-state index contributed by atoms with van der Waals surface area (Å²) in [4.78, 5) is 15.8. The maximum atomic E-state index is 11.7. The lowest BCUT2D eigenvalue weighted by Crippen LogP contribution is -2.31. The Morgan fingerprint density at radius 2 is 2.19 bits per heavy atom. The van der Waals surface area contributed by atoms with Gasteiger partial charge in [-0.15, -0.1) is 0 Å². The molecule has 0 fully saturated rings. The molecule has 1 atom stereocenters. The first kappa shape index (κ1) is 10.6. The summed E-state index contributed by atoms with van der Waals surface area (Å²) >= 11 is 0. The van der Waals surface area contributed by atoms with E-state index in [0.29, 0.717) is 13.1 Å². The Labute approximate surface area is 94.9 Å². The standard InChI is InChI=1S/C13H14N2O/c16-13(12-7-4-8-14-10-12)15-9-11-5-2-1-3-6-11/h1-8,12H,9-10H2,(H,15,16). The summed E-state index contributed by atoms with van der Waals surface area (Å²) < 4.78 is 0. The SMILES string of the molecule is O=C(NCc1ccccc1)C1C=CC=NC1. The summed E-state index contributed by atoms with van der Waals surface area (Å²) in [5, 5.41) is 2.90. The van der Waals surface area contributed by atoms with Crippen LogP contribution in [0.15, 0.2) is 47.5 Å². The van der Waals surface area contributed by atoms with Crippen LogP contribution in [0.25, 0.3) is 0 Å². The summed E-state index contributed by atoms with van der Waals surface area (Å²) in [6.07, 6.45) is 5.42. The van der Waals surface area contributed by atoms with Gasteiger partial charge in [-0.3, -0.25) is 9.79 Å². The molecule has 1 aliphatic heterocycles. The Kier molecular flexibility index (Phi) is 3.49. The third-order valence-electron chi connectivity index (χ3n) is 2.48. The summed E-state index contributed by atoms with van der Waals surface area (Å²) in [6.45, 7) is 1.13. The molecule has 82 valence electrons.